The second-order valence-electron chi connectivity index (χ2n) is 4.74. The van der Waals surface area contributed by atoms with Crippen molar-refractivity contribution in [1.29, 1.82) is 0 Å². The van der Waals surface area contributed by atoms with Crippen molar-refractivity contribution in [2.24, 2.45) is 0 Å². The van der Waals surface area contributed by atoms with Crippen molar-refractivity contribution in [1.82, 2.24) is 9.78 Å². The van der Waals surface area contributed by atoms with Gasteiger partial charge in [0.15, 0.2) is 0 Å². The molecule has 4 heteroatoms. The van der Waals surface area contributed by atoms with E-state index in [0.717, 1.165) is 41.4 Å². The van der Waals surface area contributed by atoms with Crippen molar-refractivity contribution in [3.63, 3.8) is 0 Å². The van der Waals surface area contributed by atoms with Gasteiger partial charge in [0.05, 0.1) is 11.4 Å². The molecule has 0 radical (unpaired) electrons. The van der Waals surface area contributed by atoms with Crippen LogP contribution in [0, 0.1) is 6.92 Å². The van der Waals surface area contributed by atoms with Gasteiger partial charge in [-0.2, -0.15) is 5.10 Å². The Morgan fingerprint density at radius 3 is 2.90 bits per heavy atom. The van der Waals surface area contributed by atoms with Crippen LogP contribution < -0.4 is 10.5 Å². The molecule has 20 heavy (non-hydrogen) atoms. The van der Waals surface area contributed by atoms with Crippen LogP contribution in [0.2, 0.25) is 0 Å². The number of anilines is 1. The highest BCUT2D eigenvalue weighted by atomic mass is 16.5. The molecule has 0 bridgehead atoms. The summed E-state index contributed by atoms with van der Waals surface area (Å²) in [7, 11) is 0. The van der Waals surface area contributed by atoms with Crippen molar-refractivity contribution < 1.29 is 4.74 Å². The van der Waals surface area contributed by atoms with Crippen LogP contribution in [-0.2, 0) is 19.6 Å². The van der Waals surface area contributed by atoms with Gasteiger partial charge >= 0.3 is 0 Å². The highest BCUT2D eigenvalue weighted by Crippen LogP contribution is 2.23. The fourth-order valence-corrected chi connectivity index (χ4v) is 2.20. The molecule has 2 aromatic rings. The standard InChI is InChI=1S/C16H21N3O/c1-4-6-13-10-14(17)7-8-16(13)20-11-15-9-12(3)18-19(15)5-2/h4,7-10H,1,5-6,11,17H2,2-3H3. The van der Waals surface area contributed by atoms with Crippen molar-refractivity contribution in [2.45, 2.75) is 33.4 Å². The normalized spacial score (nSPS) is 10.5. The van der Waals surface area contributed by atoms with E-state index in [-0.39, 0.29) is 0 Å². The summed E-state index contributed by atoms with van der Waals surface area (Å²) in [5.41, 5.74) is 9.69. The number of ether oxygens (including phenoxy) is 1. The summed E-state index contributed by atoms with van der Waals surface area (Å²) in [5.74, 6) is 0.848. The highest BCUT2D eigenvalue weighted by Gasteiger charge is 2.07. The molecule has 1 aromatic heterocycles. The lowest BCUT2D eigenvalue weighted by Crippen LogP contribution is -2.07. The Kier molecular flexibility index (Phi) is 4.45. The zero-order valence-electron chi connectivity index (χ0n) is 12.1. The summed E-state index contributed by atoms with van der Waals surface area (Å²) in [6, 6.07) is 7.74. The molecule has 2 N–H and O–H groups in total. The number of aryl methyl sites for hydroxylation is 2. The first-order chi connectivity index (χ1) is 9.63. The molecule has 0 aliphatic rings. The predicted molar refractivity (Wildman–Crippen MR) is 81.7 cm³/mol. The van der Waals surface area contributed by atoms with E-state index in [1.54, 1.807) is 0 Å². The van der Waals surface area contributed by atoms with E-state index in [2.05, 4.69) is 18.6 Å². The van der Waals surface area contributed by atoms with Crippen molar-refractivity contribution in [3.05, 3.63) is 53.9 Å². The lowest BCUT2D eigenvalue weighted by atomic mass is 10.1. The van der Waals surface area contributed by atoms with Crippen LogP contribution in [-0.4, -0.2) is 9.78 Å². The third kappa shape index (κ3) is 3.20. The van der Waals surface area contributed by atoms with Crippen LogP contribution in [0.5, 0.6) is 5.75 Å². The fraction of sp³-hybridized carbons (Fsp3) is 0.312. The van der Waals surface area contributed by atoms with Gasteiger partial charge in [0, 0.05) is 12.2 Å². The maximum Gasteiger partial charge on any atom is 0.130 e. The lowest BCUT2D eigenvalue weighted by Gasteiger charge is -2.12. The lowest BCUT2D eigenvalue weighted by molar-refractivity contribution is 0.290. The Labute approximate surface area is 119 Å². The molecular formula is C16H21N3O. The van der Waals surface area contributed by atoms with E-state index in [4.69, 9.17) is 10.5 Å². The van der Waals surface area contributed by atoms with E-state index in [0.29, 0.717) is 6.61 Å². The number of rotatable bonds is 6. The molecule has 2 rings (SSSR count). The van der Waals surface area contributed by atoms with Gasteiger partial charge < -0.3 is 10.5 Å². The van der Waals surface area contributed by atoms with Crippen LogP contribution in [0.4, 0.5) is 5.69 Å². The molecule has 0 saturated heterocycles. The molecule has 0 aliphatic carbocycles. The summed E-state index contributed by atoms with van der Waals surface area (Å²) in [6.45, 7) is 9.17. The number of hydrogen-bond donors (Lipinski definition) is 1. The Morgan fingerprint density at radius 2 is 2.20 bits per heavy atom. The van der Waals surface area contributed by atoms with Gasteiger partial charge in [-0.15, -0.1) is 6.58 Å². The molecule has 0 aliphatic heterocycles. The number of nitrogen functional groups attached to an aromatic ring is 1. The predicted octanol–water partition coefficient (Wildman–Crippen LogP) is 3.10. The number of allylic oxidation sites excluding steroid dienone is 1. The molecule has 1 heterocycles. The van der Waals surface area contributed by atoms with Crippen molar-refractivity contribution in [2.75, 3.05) is 5.73 Å². The summed E-state index contributed by atoms with van der Waals surface area (Å²) in [6.07, 6.45) is 2.59. The van der Waals surface area contributed by atoms with E-state index < -0.39 is 0 Å². The van der Waals surface area contributed by atoms with Crippen molar-refractivity contribution in [3.8, 4) is 5.75 Å². The molecule has 0 saturated carbocycles. The van der Waals surface area contributed by atoms with Crippen LogP contribution in [0.25, 0.3) is 0 Å². The molecule has 1 aromatic carbocycles. The SMILES string of the molecule is C=CCc1cc(N)ccc1OCc1cc(C)nn1CC. The van der Waals surface area contributed by atoms with Crippen LogP contribution in [0.1, 0.15) is 23.9 Å². The Balaban J connectivity index is 2.15. The molecule has 4 nitrogen and oxygen atoms in total. The molecule has 0 spiro atoms. The number of nitrogens with zero attached hydrogens (tertiary/aromatic N) is 2. The second kappa shape index (κ2) is 6.28. The summed E-state index contributed by atoms with van der Waals surface area (Å²) < 4.78 is 7.88. The summed E-state index contributed by atoms with van der Waals surface area (Å²) >= 11 is 0. The van der Waals surface area contributed by atoms with Gasteiger partial charge in [0.2, 0.25) is 0 Å². The Bertz CT molecular complexity index is 602. The topological polar surface area (TPSA) is 53.1 Å². The highest BCUT2D eigenvalue weighted by molar-refractivity contribution is 5.48. The van der Waals surface area contributed by atoms with E-state index in [1.165, 1.54) is 0 Å². The minimum Gasteiger partial charge on any atom is -0.487 e. The van der Waals surface area contributed by atoms with Crippen LogP contribution >= 0.6 is 0 Å². The van der Waals surface area contributed by atoms with Gasteiger partial charge in [-0.25, -0.2) is 0 Å². The van der Waals surface area contributed by atoms with E-state index in [9.17, 15) is 0 Å². The zero-order valence-corrected chi connectivity index (χ0v) is 12.1. The second-order valence-corrected chi connectivity index (χ2v) is 4.74. The first kappa shape index (κ1) is 14.2. The van der Waals surface area contributed by atoms with Gasteiger partial charge in [-0.1, -0.05) is 6.08 Å². The largest absolute Gasteiger partial charge is 0.487 e. The Hall–Kier alpha value is -2.23. The fourth-order valence-electron chi connectivity index (χ4n) is 2.20. The van der Waals surface area contributed by atoms with Gasteiger partial charge in [0.1, 0.15) is 12.4 Å². The average Bonchev–Trinajstić information content (AvgIpc) is 2.78. The van der Waals surface area contributed by atoms with Gasteiger partial charge in [0.25, 0.3) is 0 Å². The monoisotopic (exact) mass is 271 g/mol. The minimum absolute atomic E-state index is 0.503. The molecule has 0 amide bonds. The number of benzene rings is 1. The first-order valence-electron chi connectivity index (χ1n) is 6.79. The summed E-state index contributed by atoms with van der Waals surface area (Å²) in [4.78, 5) is 0. The third-order valence-electron chi connectivity index (χ3n) is 3.11. The smallest absolute Gasteiger partial charge is 0.130 e. The van der Waals surface area contributed by atoms with Gasteiger partial charge in [-0.3, -0.25) is 4.68 Å². The quantitative estimate of drug-likeness (QED) is 0.649. The van der Waals surface area contributed by atoms with Crippen LogP contribution in [0.15, 0.2) is 36.9 Å². The molecule has 106 valence electrons. The van der Waals surface area contributed by atoms with Gasteiger partial charge in [-0.05, 0) is 50.1 Å². The first-order valence-corrected chi connectivity index (χ1v) is 6.79. The Morgan fingerprint density at radius 1 is 1.40 bits per heavy atom. The molecule has 0 atom stereocenters. The summed E-state index contributed by atoms with van der Waals surface area (Å²) in [5, 5.41) is 4.41. The molecule has 0 fully saturated rings. The van der Waals surface area contributed by atoms with E-state index >= 15 is 0 Å². The third-order valence-corrected chi connectivity index (χ3v) is 3.11. The number of aromatic nitrogens is 2. The maximum atomic E-state index is 5.92. The average molecular weight is 271 g/mol. The molecule has 0 unspecified atom stereocenters. The van der Waals surface area contributed by atoms with Crippen molar-refractivity contribution >= 4 is 5.69 Å². The van der Waals surface area contributed by atoms with Crippen LogP contribution in [0.3, 0.4) is 0 Å². The number of nitrogens with two attached hydrogens (primary N) is 1. The number of hydrogen-bond acceptors (Lipinski definition) is 3. The molecular weight excluding hydrogens is 250 g/mol. The van der Waals surface area contributed by atoms with E-state index in [1.807, 2.05) is 41.9 Å². The minimum atomic E-state index is 0.503. The zero-order chi connectivity index (χ0) is 14.5. The maximum absolute atomic E-state index is 5.92.